The van der Waals surface area contributed by atoms with E-state index in [1.165, 1.54) is 12.1 Å². The van der Waals surface area contributed by atoms with Crippen LogP contribution in [0.15, 0.2) is 77.7 Å². The number of H-pyrrole nitrogens is 1. The highest BCUT2D eigenvalue weighted by Crippen LogP contribution is 2.21. The molecule has 35 heavy (non-hydrogen) atoms. The zero-order valence-electron chi connectivity index (χ0n) is 19.4. The predicted molar refractivity (Wildman–Crippen MR) is 137 cm³/mol. The first-order valence-corrected chi connectivity index (χ1v) is 13.1. The fourth-order valence-corrected chi connectivity index (χ4v) is 5.34. The van der Waals surface area contributed by atoms with Gasteiger partial charge in [-0.15, -0.1) is 0 Å². The van der Waals surface area contributed by atoms with E-state index >= 15 is 0 Å². The Morgan fingerprint density at radius 1 is 0.943 bits per heavy atom. The number of anilines is 2. The third-order valence-corrected chi connectivity index (χ3v) is 7.53. The van der Waals surface area contributed by atoms with Gasteiger partial charge in [-0.1, -0.05) is 35.9 Å². The number of sulfonamides is 1. The molecule has 1 aromatic heterocycles. The summed E-state index contributed by atoms with van der Waals surface area (Å²) >= 11 is 0. The zero-order valence-corrected chi connectivity index (χ0v) is 20.3. The van der Waals surface area contributed by atoms with Crippen LogP contribution in [0.2, 0.25) is 0 Å². The molecule has 3 aromatic carbocycles. The maximum Gasteiger partial charge on any atom is 0.261 e. The Morgan fingerprint density at radius 3 is 2.54 bits per heavy atom. The Balaban J connectivity index is 1.29. The molecule has 180 valence electrons. The molecule has 1 aliphatic heterocycles. The van der Waals surface area contributed by atoms with Gasteiger partial charge in [0.25, 0.3) is 15.9 Å². The number of fused-ring (bicyclic) bond motifs is 1. The van der Waals surface area contributed by atoms with Crippen molar-refractivity contribution in [3.8, 4) is 0 Å². The fourth-order valence-electron chi connectivity index (χ4n) is 4.24. The number of hydrogen-bond acceptors (Lipinski definition) is 5. The summed E-state index contributed by atoms with van der Waals surface area (Å²) in [5.74, 6) is 0.625. The molecule has 2 N–H and O–H groups in total. The van der Waals surface area contributed by atoms with Crippen LogP contribution in [0.4, 0.5) is 11.6 Å². The van der Waals surface area contributed by atoms with Crippen LogP contribution in [-0.2, 0) is 10.0 Å². The minimum Gasteiger partial charge on any atom is -0.341 e. The maximum absolute atomic E-state index is 13.3. The highest BCUT2D eigenvalue weighted by atomic mass is 32.2. The first-order chi connectivity index (χ1) is 16.9. The molecule has 1 aliphatic rings. The molecular weight excluding hydrogens is 462 g/mol. The van der Waals surface area contributed by atoms with Gasteiger partial charge in [0.05, 0.1) is 15.9 Å². The lowest BCUT2D eigenvalue weighted by atomic mass is 10.2. The Bertz CT molecular complexity index is 1430. The van der Waals surface area contributed by atoms with Gasteiger partial charge in [-0.3, -0.25) is 9.52 Å². The number of benzene rings is 3. The Labute approximate surface area is 204 Å². The van der Waals surface area contributed by atoms with E-state index in [1.807, 2.05) is 43.3 Å². The van der Waals surface area contributed by atoms with Gasteiger partial charge >= 0.3 is 0 Å². The normalized spacial score (nSPS) is 14.7. The van der Waals surface area contributed by atoms with Crippen molar-refractivity contribution in [1.29, 1.82) is 0 Å². The first-order valence-electron chi connectivity index (χ1n) is 11.6. The van der Waals surface area contributed by atoms with Gasteiger partial charge in [-0.2, -0.15) is 0 Å². The topological polar surface area (TPSA) is 98.4 Å². The highest BCUT2D eigenvalue weighted by molar-refractivity contribution is 7.92. The lowest BCUT2D eigenvalue weighted by molar-refractivity contribution is 0.0766. The molecular formula is C26H27N5O3S. The Morgan fingerprint density at radius 2 is 1.74 bits per heavy atom. The van der Waals surface area contributed by atoms with E-state index in [4.69, 9.17) is 0 Å². The average molecular weight is 490 g/mol. The number of nitrogens with zero attached hydrogens (tertiary/aromatic N) is 3. The van der Waals surface area contributed by atoms with Gasteiger partial charge in [-0.25, -0.2) is 13.4 Å². The molecule has 1 saturated heterocycles. The number of carbonyl (C=O) groups excluding carboxylic acids is 1. The van der Waals surface area contributed by atoms with Crippen LogP contribution in [-0.4, -0.2) is 55.4 Å². The Hall–Kier alpha value is -3.85. The zero-order chi connectivity index (χ0) is 24.4. The summed E-state index contributed by atoms with van der Waals surface area (Å²) in [7, 11) is -3.82. The molecule has 0 saturated carbocycles. The van der Waals surface area contributed by atoms with Crippen LogP contribution in [0.3, 0.4) is 0 Å². The van der Waals surface area contributed by atoms with E-state index in [0.717, 1.165) is 35.5 Å². The van der Waals surface area contributed by atoms with Crippen LogP contribution in [0, 0.1) is 6.92 Å². The van der Waals surface area contributed by atoms with E-state index in [-0.39, 0.29) is 10.8 Å². The molecule has 0 unspecified atom stereocenters. The molecule has 0 spiro atoms. The van der Waals surface area contributed by atoms with Crippen molar-refractivity contribution in [3.05, 3.63) is 83.9 Å². The number of aromatic nitrogens is 2. The number of para-hydroxylation sites is 2. The van der Waals surface area contributed by atoms with Crippen molar-refractivity contribution < 1.29 is 13.2 Å². The minimum atomic E-state index is -3.82. The molecule has 9 heteroatoms. The monoisotopic (exact) mass is 489 g/mol. The number of carbonyl (C=O) groups is 1. The molecule has 1 fully saturated rings. The quantitative estimate of drug-likeness (QED) is 0.441. The van der Waals surface area contributed by atoms with Crippen LogP contribution in [0.25, 0.3) is 11.0 Å². The van der Waals surface area contributed by atoms with Crippen molar-refractivity contribution in [2.45, 2.75) is 18.2 Å². The maximum atomic E-state index is 13.3. The van der Waals surface area contributed by atoms with Gasteiger partial charge in [-0.05, 0) is 55.8 Å². The van der Waals surface area contributed by atoms with Crippen molar-refractivity contribution in [1.82, 2.24) is 14.9 Å². The van der Waals surface area contributed by atoms with E-state index in [2.05, 4.69) is 19.6 Å². The number of nitrogens with one attached hydrogen (secondary N) is 2. The smallest absolute Gasteiger partial charge is 0.261 e. The summed E-state index contributed by atoms with van der Waals surface area (Å²) in [5, 5.41) is 0. The number of aromatic amines is 1. The summed E-state index contributed by atoms with van der Waals surface area (Å²) in [5.41, 5.74) is 3.77. The summed E-state index contributed by atoms with van der Waals surface area (Å²) in [6.45, 7) is 4.46. The molecule has 8 nitrogen and oxygen atoms in total. The van der Waals surface area contributed by atoms with Gasteiger partial charge < -0.3 is 14.8 Å². The molecule has 5 rings (SSSR count). The number of hydrogen-bond donors (Lipinski definition) is 2. The van der Waals surface area contributed by atoms with E-state index in [9.17, 15) is 13.2 Å². The molecule has 0 radical (unpaired) electrons. The minimum absolute atomic E-state index is 0.0580. The molecule has 0 bridgehead atoms. The van der Waals surface area contributed by atoms with Gasteiger partial charge in [0.1, 0.15) is 0 Å². The van der Waals surface area contributed by atoms with Crippen LogP contribution < -0.4 is 9.62 Å². The second kappa shape index (κ2) is 9.42. The van der Waals surface area contributed by atoms with Gasteiger partial charge in [0.15, 0.2) is 0 Å². The second-order valence-corrected chi connectivity index (χ2v) is 10.4. The SMILES string of the molecule is Cc1ccc(NS(=O)(=O)c2cccc(C(=O)N3CCCN(c4nc5ccccc5[nH]4)CC3)c2)cc1. The highest BCUT2D eigenvalue weighted by Gasteiger charge is 2.23. The summed E-state index contributed by atoms with van der Waals surface area (Å²) in [6.07, 6.45) is 0.787. The largest absolute Gasteiger partial charge is 0.341 e. The number of imidazole rings is 1. The third kappa shape index (κ3) is 5.00. The first kappa shape index (κ1) is 22.9. The Kier molecular flexibility index (Phi) is 6.17. The number of aryl methyl sites for hydroxylation is 1. The lowest BCUT2D eigenvalue weighted by Gasteiger charge is -2.22. The second-order valence-electron chi connectivity index (χ2n) is 8.71. The number of amides is 1. The van der Waals surface area contributed by atoms with Crippen molar-refractivity contribution in [2.75, 3.05) is 35.8 Å². The summed E-state index contributed by atoms with van der Waals surface area (Å²) in [4.78, 5) is 25.3. The predicted octanol–water partition coefficient (Wildman–Crippen LogP) is 4.02. The molecule has 0 aliphatic carbocycles. The summed E-state index contributed by atoms with van der Waals surface area (Å²) in [6, 6.07) is 21.2. The molecule has 0 atom stereocenters. The van der Waals surface area contributed by atoms with Crippen molar-refractivity contribution in [2.24, 2.45) is 0 Å². The van der Waals surface area contributed by atoms with Crippen LogP contribution >= 0.6 is 0 Å². The summed E-state index contributed by atoms with van der Waals surface area (Å²) < 4.78 is 28.4. The molecule has 2 heterocycles. The molecule has 4 aromatic rings. The van der Waals surface area contributed by atoms with E-state index < -0.39 is 10.0 Å². The average Bonchev–Trinajstić information content (AvgIpc) is 3.14. The van der Waals surface area contributed by atoms with Crippen molar-refractivity contribution >= 4 is 38.6 Å². The van der Waals surface area contributed by atoms with Gasteiger partial charge in [0.2, 0.25) is 5.95 Å². The number of rotatable bonds is 5. The van der Waals surface area contributed by atoms with E-state index in [0.29, 0.717) is 30.9 Å². The third-order valence-electron chi connectivity index (χ3n) is 6.15. The van der Waals surface area contributed by atoms with Crippen molar-refractivity contribution in [3.63, 3.8) is 0 Å². The van der Waals surface area contributed by atoms with E-state index in [1.54, 1.807) is 29.2 Å². The molecule has 1 amide bonds. The van der Waals surface area contributed by atoms with Gasteiger partial charge in [0, 0.05) is 37.4 Å². The van der Waals surface area contributed by atoms with Crippen LogP contribution in [0.5, 0.6) is 0 Å². The van der Waals surface area contributed by atoms with Crippen LogP contribution in [0.1, 0.15) is 22.3 Å². The fraction of sp³-hybridized carbons (Fsp3) is 0.231. The standard InChI is InChI=1S/C26H27N5O3S/c1-19-10-12-21(13-11-19)29-35(33,34)22-7-4-6-20(18-22)25(32)30-14-5-15-31(17-16-30)26-27-23-8-2-3-9-24(23)28-26/h2-4,6-13,18,29H,5,14-17H2,1H3,(H,27,28). The lowest BCUT2D eigenvalue weighted by Crippen LogP contribution is -2.35.